The van der Waals surface area contributed by atoms with Gasteiger partial charge in [-0.15, -0.1) is 0 Å². The Morgan fingerprint density at radius 3 is 2.92 bits per heavy atom. The quantitative estimate of drug-likeness (QED) is 0.658. The summed E-state index contributed by atoms with van der Waals surface area (Å²) >= 11 is 0. The molecule has 3 unspecified atom stereocenters. The Bertz CT molecular complexity index is 629. The van der Waals surface area contributed by atoms with Crippen molar-refractivity contribution in [2.45, 2.75) is 52.8 Å². The van der Waals surface area contributed by atoms with Crippen LogP contribution in [-0.2, 0) is 11.3 Å². The van der Waals surface area contributed by atoms with Crippen LogP contribution in [0.25, 0.3) is 0 Å². The molecule has 2 aliphatic rings. The maximum absolute atomic E-state index is 13.7. The van der Waals surface area contributed by atoms with Crippen LogP contribution in [0.4, 0.5) is 4.39 Å². The SMILES string of the molecule is CCNC(=NCc1ccc(C)c(F)c1)NC1C2CCOC2C1(C)C. The number of hydrogen-bond acceptors (Lipinski definition) is 2. The van der Waals surface area contributed by atoms with Crippen molar-refractivity contribution in [2.75, 3.05) is 13.2 Å². The predicted octanol–water partition coefficient (Wildman–Crippen LogP) is 3.00. The summed E-state index contributed by atoms with van der Waals surface area (Å²) in [6, 6.07) is 5.66. The van der Waals surface area contributed by atoms with Gasteiger partial charge in [-0.1, -0.05) is 26.0 Å². The third-order valence-electron chi connectivity index (χ3n) is 5.39. The summed E-state index contributed by atoms with van der Waals surface area (Å²) < 4.78 is 19.5. The Kier molecular flexibility index (Phi) is 4.81. The molecule has 2 N–H and O–H groups in total. The number of guanidine groups is 1. The van der Waals surface area contributed by atoms with Crippen LogP contribution in [0.2, 0.25) is 0 Å². The normalized spacial score (nSPS) is 28.2. The smallest absolute Gasteiger partial charge is 0.191 e. The Morgan fingerprint density at radius 1 is 1.42 bits per heavy atom. The molecule has 1 saturated carbocycles. The van der Waals surface area contributed by atoms with Gasteiger partial charge in [-0.3, -0.25) is 0 Å². The molecule has 0 spiro atoms. The number of aryl methyl sites for hydroxylation is 1. The second kappa shape index (κ2) is 6.71. The molecule has 1 aromatic rings. The van der Waals surface area contributed by atoms with E-state index in [1.54, 1.807) is 19.1 Å². The zero-order valence-corrected chi connectivity index (χ0v) is 15.0. The molecule has 132 valence electrons. The number of rotatable bonds is 4. The average molecular weight is 333 g/mol. The minimum atomic E-state index is -0.174. The number of hydrogen-bond donors (Lipinski definition) is 2. The van der Waals surface area contributed by atoms with Gasteiger partial charge in [0.05, 0.1) is 12.6 Å². The van der Waals surface area contributed by atoms with Crippen LogP contribution in [0.15, 0.2) is 23.2 Å². The van der Waals surface area contributed by atoms with E-state index in [2.05, 4.69) is 36.4 Å². The molecule has 1 saturated heterocycles. The van der Waals surface area contributed by atoms with Gasteiger partial charge in [0.1, 0.15) is 5.82 Å². The van der Waals surface area contributed by atoms with Gasteiger partial charge in [0.2, 0.25) is 0 Å². The molecule has 4 nitrogen and oxygen atoms in total. The van der Waals surface area contributed by atoms with E-state index in [0.717, 1.165) is 31.1 Å². The topological polar surface area (TPSA) is 45.7 Å². The molecule has 1 aliphatic heterocycles. The first-order chi connectivity index (χ1) is 11.4. The molecule has 2 fully saturated rings. The van der Waals surface area contributed by atoms with Gasteiger partial charge in [-0.25, -0.2) is 9.38 Å². The molecule has 1 aromatic carbocycles. The first-order valence-corrected chi connectivity index (χ1v) is 8.85. The van der Waals surface area contributed by atoms with Crippen LogP contribution in [0.5, 0.6) is 0 Å². The van der Waals surface area contributed by atoms with Crippen LogP contribution in [0, 0.1) is 24.1 Å². The fraction of sp³-hybridized carbons (Fsp3) is 0.632. The monoisotopic (exact) mass is 333 g/mol. The standard InChI is InChI=1S/C19H28FN3O/c1-5-21-18(22-11-13-7-6-12(2)15(20)10-13)23-16-14-8-9-24-17(14)19(16,3)4/h6-7,10,14,16-17H,5,8-9,11H2,1-4H3,(H2,21,22,23). The fourth-order valence-corrected chi connectivity index (χ4v) is 3.99. The number of nitrogens with zero attached hydrogens (tertiary/aromatic N) is 1. The van der Waals surface area contributed by atoms with Crippen molar-refractivity contribution in [2.24, 2.45) is 16.3 Å². The molecule has 3 atom stereocenters. The molecule has 24 heavy (non-hydrogen) atoms. The predicted molar refractivity (Wildman–Crippen MR) is 94.5 cm³/mol. The molecule has 0 amide bonds. The highest BCUT2D eigenvalue weighted by molar-refractivity contribution is 5.80. The Labute approximate surface area is 143 Å². The third-order valence-corrected chi connectivity index (χ3v) is 5.39. The van der Waals surface area contributed by atoms with Gasteiger partial charge in [0, 0.05) is 30.5 Å². The van der Waals surface area contributed by atoms with E-state index in [9.17, 15) is 4.39 Å². The summed E-state index contributed by atoms with van der Waals surface area (Å²) in [4.78, 5) is 4.64. The van der Waals surface area contributed by atoms with E-state index < -0.39 is 0 Å². The van der Waals surface area contributed by atoms with E-state index >= 15 is 0 Å². The maximum atomic E-state index is 13.7. The highest BCUT2D eigenvalue weighted by Gasteiger charge is 2.59. The minimum absolute atomic E-state index is 0.104. The second-order valence-electron chi connectivity index (χ2n) is 7.47. The van der Waals surface area contributed by atoms with Crippen molar-refractivity contribution in [3.63, 3.8) is 0 Å². The lowest BCUT2D eigenvalue weighted by molar-refractivity contribution is -0.106. The molecular formula is C19H28FN3O. The lowest BCUT2D eigenvalue weighted by Crippen LogP contribution is -2.67. The molecule has 0 aromatic heterocycles. The largest absolute Gasteiger partial charge is 0.377 e. The van der Waals surface area contributed by atoms with Crippen molar-refractivity contribution in [1.29, 1.82) is 0 Å². The van der Waals surface area contributed by atoms with Gasteiger partial charge in [0.15, 0.2) is 5.96 Å². The van der Waals surface area contributed by atoms with Gasteiger partial charge >= 0.3 is 0 Å². The lowest BCUT2D eigenvalue weighted by Gasteiger charge is -2.54. The number of aliphatic imine (C=N–C) groups is 1. The molecule has 3 rings (SSSR count). The van der Waals surface area contributed by atoms with Gasteiger partial charge in [-0.05, 0) is 37.5 Å². The van der Waals surface area contributed by atoms with Crippen molar-refractivity contribution in [3.05, 3.63) is 35.1 Å². The third kappa shape index (κ3) is 3.14. The minimum Gasteiger partial charge on any atom is -0.377 e. The Balaban J connectivity index is 1.69. The number of nitrogens with one attached hydrogen (secondary N) is 2. The van der Waals surface area contributed by atoms with E-state index in [4.69, 9.17) is 4.74 Å². The van der Waals surface area contributed by atoms with Crippen LogP contribution in [0.3, 0.4) is 0 Å². The Hall–Kier alpha value is -1.62. The van der Waals surface area contributed by atoms with Crippen LogP contribution < -0.4 is 10.6 Å². The fourth-order valence-electron chi connectivity index (χ4n) is 3.99. The summed E-state index contributed by atoms with van der Waals surface area (Å²) in [5.41, 5.74) is 1.65. The van der Waals surface area contributed by atoms with E-state index in [-0.39, 0.29) is 11.2 Å². The summed E-state index contributed by atoms with van der Waals surface area (Å²) in [5.74, 6) is 1.18. The first kappa shape index (κ1) is 17.2. The highest BCUT2D eigenvalue weighted by atomic mass is 19.1. The van der Waals surface area contributed by atoms with Gasteiger partial charge < -0.3 is 15.4 Å². The first-order valence-electron chi connectivity index (χ1n) is 8.85. The molecule has 5 heteroatoms. The van der Waals surface area contributed by atoms with Crippen molar-refractivity contribution in [1.82, 2.24) is 10.6 Å². The number of benzene rings is 1. The summed E-state index contributed by atoms with van der Waals surface area (Å²) in [6.07, 6.45) is 1.46. The van der Waals surface area contributed by atoms with E-state index in [1.807, 2.05) is 6.07 Å². The second-order valence-corrected chi connectivity index (χ2v) is 7.47. The molecule has 0 bridgehead atoms. The van der Waals surface area contributed by atoms with Crippen LogP contribution in [-0.4, -0.2) is 31.3 Å². The number of ether oxygens (including phenoxy) is 1. The van der Waals surface area contributed by atoms with E-state index in [1.165, 1.54) is 0 Å². The summed E-state index contributed by atoms with van der Waals surface area (Å²) in [5, 5.41) is 6.88. The summed E-state index contributed by atoms with van der Waals surface area (Å²) in [6.45, 7) is 10.4. The van der Waals surface area contributed by atoms with Crippen LogP contribution in [0.1, 0.15) is 38.3 Å². The van der Waals surface area contributed by atoms with Gasteiger partial charge in [0.25, 0.3) is 0 Å². The molecule has 0 radical (unpaired) electrons. The van der Waals surface area contributed by atoms with Crippen molar-refractivity contribution >= 4 is 5.96 Å². The van der Waals surface area contributed by atoms with Gasteiger partial charge in [-0.2, -0.15) is 0 Å². The Morgan fingerprint density at radius 2 is 2.21 bits per heavy atom. The van der Waals surface area contributed by atoms with Crippen molar-refractivity contribution in [3.8, 4) is 0 Å². The van der Waals surface area contributed by atoms with Crippen LogP contribution >= 0.6 is 0 Å². The zero-order valence-electron chi connectivity index (χ0n) is 15.0. The number of halogens is 1. The van der Waals surface area contributed by atoms with E-state index in [0.29, 0.717) is 30.2 Å². The van der Waals surface area contributed by atoms with Crippen molar-refractivity contribution < 1.29 is 9.13 Å². The number of fused-ring (bicyclic) bond motifs is 1. The lowest BCUT2D eigenvalue weighted by atomic mass is 9.57. The maximum Gasteiger partial charge on any atom is 0.191 e. The molecule has 1 aliphatic carbocycles. The molecule has 1 heterocycles. The average Bonchev–Trinajstić information content (AvgIpc) is 3.00. The highest BCUT2D eigenvalue weighted by Crippen LogP contribution is 2.52. The molecular weight excluding hydrogens is 305 g/mol. The zero-order chi connectivity index (χ0) is 17.3. The summed E-state index contributed by atoms with van der Waals surface area (Å²) in [7, 11) is 0.